The number of aromatic nitrogens is 1. The minimum Gasteiger partial charge on any atom is -0.368 e. The van der Waals surface area contributed by atoms with Gasteiger partial charge in [-0.2, -0.15) is 0 Å². The molecule has 4 nitrogen and oxygen atoms in total. The Morgan fingerprint density at radius 2 is 1.59 bits per heavy atom. The Labute approximate surface area is 194 Å². The second kappa shape index (κ2) is 8.71. The highest BCUT2D eigenvalue weighted by Gasteiger charge is 2.24. The maximum Gasteiger partial charge on any atom is 0.254 e. The van der Waals surface area contributed by atoms with Gasteiger partial charge in [-0.1, -0.05) is 46.3 Å². The summed E-state index contributed by atoms with van der Waals surface area (Å²) in [7, 11) is 0. The van der Waals surface area contributed by atoms with Crippen LogP contribution in [0.1, 0.15) is 10.4 Å². The number of fused-ring (bicyclic) bond motifs is 1. The van der Waals surface area contributed by atoms with E-state index in [9.17, 15) is 9.18 Å². The molecular formula is C26H21BrFN3O. The van der Waals surface area contributed by atoms with E-state index in [1.165, 1.54) is 12.1 Å². The molecule has 1 aromatic heterocycles. The quantitative estimate of drug-likeness (QED) is 0.366. The average Bonchev–Trinajstić information content (AvgIpc) is 2.84. The fraction of sp³-hybridized carbons (Fsp3) is 0.154. The van der Waals surface area contributed by atoms with E-state index in [2.05, 4.69) is 20.8 Å². The number of halogens is 2. The summed E-state index contributed by atoms with van der Waals surface area (Å²) in [6.07, 6.45) is 0. The Morgan fingerprint density at radius 1 is 0.875 bits per heavy atom. The molecular weight excluding hydrogens is 469 g/mol. The minimum absolute atomic E-state index is 0.00596. The number of rotatable bonds is 3. The predicted molar refractivity (Wildman–Crippen MR) is 129 cm³/mol. The van der Waals surface area contributed by atoms with Crippen LogP contribution in [0, 0.1) is 5.82 Å². The monoisotopic (exact) mass is 489 g/mol. The SMILES string of the molecule is O=C(c1cc(-c2ccccc2)nc2ccc(Br)cc12)N1CCN(c2ccc(F)cc2)CC1. The molecule has 5 rings (SSSR count). The summed E-state index contributed by atoms with van der Waals surface area (Å²) < 4.78 is 14.2. The third kappa shape index (κ3) is 4.10. The first-order chi connectivity index (χ1) is 15.6. The summed E-state index contributed by atoms with van der Waals surface area (Å²) in [5.74, 6) is -0.237. The Morgan fingerprint density at radius 3 is 2.31 bits per heavy atom. The first-order valence-electron chi connectivity index (χ1n) is 10.5. The number of piperazine rings is 1. The van der Waals surface area contributed by atoms with E-state index in [1.807, 2.05) is 59.5 Å². The Balaban J connectivity index is 1.45. The number of pyridine rings is 1. The summed E-state index contributed by atoms with van der Waals surface area (Å²) >= 11 is 3.53. The van der Waals surface area contributed by atoms with Gasteiger partial charge in [0.1, 0.15) is 5.82 Å². The molecule has 1 aliphatic rings. The number of anilines is 1. The molecule has 0 spiro atoms. The van der Waals surface area contributed by atoms with Gasteiger partial charge >= 0.3 is 0 Å². The van der Waals surface area contributed by atoms with E-state index < -0.39 is 0 Å². The van der Waals surface area contributed by atoms with Crippen LogP contribution in [-0.2, 0) is 0 Å². The molecule has 0 atom stereocenters. The van der Waals surface area contributed by atoms with E-state index >= 15 is 0 Å². The molecule has 0 radical (unpaired) electrons. The van der Waals surface area contributed by atoms with Crippen molar-refractivity contribution in [1.82, 2.24) is 9.88 Å². The highest BCUT2D eigenvalue weighted by molar-refractivity contribution is 9.10. The van der Waals surface area contributed by atoms with E-state index in [1.54, 1.807) is 12.1 Å². The summed E-state index contributed by atoms with van der Waals surface area (Å²) in [5.41, 5.74) is 4.19. The molecule has 3 aromatic carbocycles. The van der Waals surface area contributed by atoms with Crippen molar-refractivity contribution in [3.63, 3.8) is 0 Å². The number of carbonyl (C=O) groups is 1. The van der Waals surface area contributed by atoms with E-state index in [4.69, 9.17) is 4.98 Å². The minimum atomic E-state index is -0.243. The lowest BCUT2D eigenvalue weighted by Crippen LogP contribution is -2.48. The van der Waals surface area contributed by atoms with Gasteiger partial charge in [0, 0.05) is 47.3 Å². The number of hydrogen-bond acceptors (Lipinski definition) is 3. The molecule has 1 fully saturated rings. The van der Waals surface area contributed by atoms with Crippen LogP contribution in [0.5, 0.6) is 0 Å². The molecule has 160 valence electrons. The Hall–Kier alpha value is -3.25. The molecule has 4 aromatic rings. The van der Waals surface area contributed by atoms with Crippen molar-refractivity contribution in [2.24, 2.45) is 0 Å². The van der Waals surface area contributed by atoms with Gasteiger partial charge < -0.3 is 9.80 Å². The van der Waals surface area contributed by atoms with Crippen LogP contribution in [-0.4, -0.2) is 42.0 Å². The van der Waals surface area contributed by atoms with Crippen LogP contribution < -0.4 is 4.90 Å². The van der Waals surface area contributed by atoms with Crippen LogP contribution in [0.2, 0.25) is 0 Å². The Kier molecular flexibility index (Phi) is 5.62. The first-order valence-corrected chi connectivity index (χ1v) is 11.3. The van der Waals surface area contributed by atoms with Crippen molar-refractivity contribution in [3.05, 3.63) is 94.7 Å². The van der Waals surface area contributed by atoms with Gasteiger partial charge in [-0.3, -0.25) is 4.79 Å². The van der Waals surface area contributed by atoms with E-state index in [0.717, 1.165) is 32.3 Å². The fourth-order valence-electron chi connectivity index (χ4n) is 4.12. The molecule has 0 unspecified atom stereocenters. The zero-order valence-corrected chi connectivity index (χ0v) is 18.9. The van der Waals surface area contributed by atoms with Crippen molar-refractivity contribution in [2.75, 3.05) is 31.1 Å². The number of nitrogens with zero attached hydrogens (tertiary/aromatic N) is 3. The molecule has 0 aliphatic carbocycles. The molecule has 0 bridgehead atoms. The van der Waals surface area contributed by atoms with Crippen LogP contribution in [0.3, 0.4) is 0 Å². The van der Waals surface area contributed by atoms with Crippen molar-refractivity contribution in [2.45, 2.75) is 0 Å². The molecule has 1 saturated heterocycles. The highest BCUT2D eigenvalue weighted by Crippen LogP contribution is 2.28. The molecule has 0 N–H and O–H groups in total. The maximum absolute atomic E-state index is 13.6. The molecule has 0 saturated carbocycles. The van der Waals surface area contributed by atoms with E-state index in [-0.39, 0.29) is 11.7 Å². The number of benzene rings is 3. The number of amides is 1. The molecule has 6 heteroatoms. The lowest BCUT2D eigenvalue weighted by molar-refractivity contribution is 0.0748. The first kappa shape index (κ1) is 20.6. The van der Waals surface area contributed by atoms with Gasteiger partial charge in [0.25, 0.3) is 5.91 Å². The zero-order valence-electron chi connectivity index (χ0n) is 17.3. The van der Waals surface area contributed by atoms with Crippen molar-refractivity contribution >= 4 is 38.4 Å². The molecule has 32 heavy (non-hydrogen) atoms. The molecule has 2 heterocycles. The standard InChI is InChI=1S/C26H21BrFN3O/c27-19-6-11-24-22(16-19)23(17-25(29-24)18-4-2-1-3-5-18)26(32)31-14-12-30(13-15-31)21-9-7-20(28)8-10-21/h1-11,16-17H,12-15H2. The lowest BCUT2D eigenvalue weighted by atomic mass is 10.0. The summed E-state index contributed by atoms with van der Waals surface area (Å²) in [6.45, 7) is 2.62. The third-order valence-electron chi connectivity index (χ3n) is 5.83. The molecule has 1 aliphatic heterocycles. The van der Waals surface area contributed by atoms with Crippen molar-refractivity contribution < 1.29 is 9.18 Å². The lowest BCUT2D eigenvalue weighted by Gasteiger charge is -2.36. The highest BCUT2D eigenvalue weighted by atomic mass is 79.9. The van der Waals surface area contributed by atoms with Crippen LogP contribution in [0.15, 0.2) is 83.3 Å². The average molecular weight is 490 g/mol. The molecule has 1 amide bonds. The second-order valence-electron chi connectivity index (χ2n) is 7.84. The second-order valence-corrected chi connectivity index (χ2v) is 8.75. The van der Waals surface area contributed by atoms with Gasteiger partial charge in [-0.15, -0.1) is 0 Å². The van der Waals surface area contributed by atoms with Gasteiger partial charge in [-0.05, 0) is 48.5 Å². The van der Waals surface area contributed by atoms with Gasteiger partial charge in [0.15, 0.2) is 0 Å². The summed E-state index contributed by atoms with van der Waals surface area (Å²) in [4.78, 5) is 22.5. The maximum atomic E-state index is 13.6. The summed E-state index contributed by atoms with van der Waals surface area (Å²) in [5, 5.41) is 0.838. The van der Waals surface area contributed by atoms with Gasteiger partial charge in [0.05, 0.1) is 16.8 Å². The summed E-state index contributed by atoms with van der Waals surface area (Å²) in [6, 6.07) is 24.2. The largest absolute Gasteiger partial charge is 0.368 e. The van der Waals surface area contributed by atoms with Crippen molar-refractivity contribution in [3.8, 4) is 11.3 Å². The number of carbonyl (C=O) groups excluding carboxylic acids is 1. The van der Waals surface area contributed by atoms with E-state index in [0.29, 0.717) is 31.7 Å². The zero-order chi connectivity index (χ0) is 22.1. The van der Waals surface area contributed by atoms with Gasteiger partial charge in [-0.25, -0.2) is 9.37 Å². The predicted octanol–water partition coefficient (Wildman–Crippen LogP) is 5.77. The van der Waals surface area contributed by atoms with Gasteiger partial charge in [0.2, 0.25) is 0 Å². The smallest absolute Gasteiger partial charge is 0.254 e. The Bertz CT molecular complexity index is 1270. The third-order valence-corrected chi connectivity index (χ3v) is 6.32. The normalized spacial score (nSPS) is 14.1. The topological polar surface area (TPSA) is 36.4 Å². The fourth-order valence-corrected chi connectivity index (χ4v) is 4.48. The van der Waals surface area contributed by atoms with Crippen LogP contribution in [0.4, 0.5) is 10.1 Å². The van der Waals surface area contributed by atoms with Crippen LogP contribution in [0.25, 0.3) is 22.2 Å². The van der Waals surface area contributed by atoms with Crippen molar-refractivity contribution in [1.29, 1.82) is 0 Å². The van der Waals surface area contributed by atoms with Crippen LogP contribution >= 0.6 is 15.9 Å². The number of hydrogen-bond donors (Lipinski definition) is 0.